The van der Waals surface area contributed by atoms with E-state index in [-0.39, 0.29) is 11.6 Å². The van der Waals surface area contributed by atoms with Crippen molar-refractivity contribution in [2.24, 2.45) is 0 Å². The maximum Gasteiger partial charge on any atom is 0.357 e. The number of carbonyl (C=O) groups is 1. The van der Waals surface area contributed by atoms with E-state index in [0.717, 1.165) is 15.6 Å². The van der Waals surface area contributed by atoms with Gasteiger partial charge in [0, 0.05) is 15.6 Å². The normalized spacial score (nSPS) is 11.9. The minimum atomic E-state index is -0.697. The van der Waals surface area contributed by atoms with Gasteiger partial charge in [-0.1, -0.05) is 46.3 Å². The van der Waals surface area contributed by atoms with Gasteiger partial charge >= 0.3 is 5.97 Å². The van der Waals surface area contributed by atoms with Crippen molar-refractivity contribution >= 4 is 21.9 Å². The molecule has 2 aromatic carbocycles. The van der Waals surface area contributed by atoms with Crippen molar-refractivity contribution in [2.75, 3.05) is 0 Å². The molecule has 0 spiro atoms. The summed E-state index contributed by atoms with van der Waals surface area (Å²) in [7, 11) is 0. The van der Waals surface area contributed by atoms with Crippen LogP contribution in [0, 0.1) is 0 Å². The number of nitrogens with one attached hydrogen (secondary N) is 1. The summed E-state index contributed by atoms with van der Waals surface area (Å²) in [5.74, 6) is 0.0419. The van der Waals surface area contributed by atoms with Crippen LogP contribution in [0.3, 0.4) is 0 Å². The highest BCUT2D eigenvalue weighted by Gasteiger charge is 2.21. The van der Waals surface area contributed by atoms with E-state index in [1.165, 1.54) is 0 Å². The Hall–Kier alpha value is -3.26. The molecule has 140 valence electrons. The average Bonchev–Trinajstić information content (AvgIpc) is 3.39. The Kier molecular flexibility index (Phi) is 5.03. The third-order valence-electron chi connectivity index (χ3n) is 4.03. The quantitative estimate of drug-likeness (QED) is 0.449. The van der Waals surface area contributed by atoms with Crippen molar-refractivity contribution < 1.29 is 13.9 Å². The third-order valence-corrected chi connectivity index (χ3v) is 4.56. The first-order chi connectivity index (χ1) is 13.6. The standard InChI is InChI=1S/C20H15BrN4O3/c1-12(18-24-25-19(28-18)14-5-3-2-4-6-14)27-20(26)17-11-16(22-23-17)13-7-9-15(21)10-8-13/h2-12H,1H3,(H,22,23). The van der Waals surface area contributed by atoms with Gasteiger partial charge in [0.15, 0.2) is 6.10 Å². The minimum absolute atomic E-state index is 0.222. The summed E-state index contributed by atoms with van der Waals surface area (Å²) in [6.45, 7) is 1.67. The Morgan fingerprint density at radius 3 is 2.57 bits per heavy atom. The van der Waals surface area contributed by atoms with Crippen molar-refractivity contribution in [3.05, 3.63) is 76.7 Å². The van der Waals surface area contributed by atoms with Crippen LogP contribution >= 0.6 is 15.9 Å². The van der Waals surface area contributed by atoms with Crippen LogP contribution in [0.15, 0.2) is 69.6 Å². The number of aromatic nitrogens is 4. The highest BCUT2D eigenvalue weighted by Crippen LogP contribution is 2.24. The molecule has 0 radical (unpaired) electrons. The summed E-state index contributed by atoms with van der Waals surface area (Å²) < 4.78 is 12.0. The van der Waals surface area contributed by atoms with E-state index >= 15 is 0 Å². The highest BCUT2D eigenvalue weighted by atomic mass is 79.9. The predicted molar refractivity (Wildman–Crippen MR) is 105 cm³/mol. The number of hydrogen-bond acceptors (Lipinski definition) is 6. The molecule has 4 rings (SSSR count). The number of H-pyrrole nitrogens is 1. The molecule has 0 saturated carbocycles. The topological polar surface area (TPSA) is 93.9 Å². The molecule has 4 aromatic rings. The summed E-state index contributed by atoms with van der Waals surface area (Å²) in [6.07, 6.45) is -0.697. The second-order valence-electron chi connectivity index (χ2n) is 6.03. The Labute approximate surface area is 168 Å². The Morgan fingerprint density at radius 1 is 1.07 bits per heavy atom. The zero-order valence-electron chi connectivity index (χ0n) is 14.8. The van der Waals surface area contributed by atoms with Gasteiger partial charge in [-0.3, -0.25) is 5.10 Å². The summed E-state index contributed by atoms with van der Waals surface area (Å²) in [6, 6.07) is 18.6. The van der Waals surface area contributed by atoms with Crippen molar-refractivity contribution in [3.63, 3.8) is 0 Å². The molecule has 0 aliphatic rings. The number of ether oxygens (including phenoxy) is 1. The van der Waals surface area contributed by atoms with Gasteiger partial charge in [0.25, 0.3) is 5.89 Å². The molecule has 2 heterocycles. The predicted octanol–water partition coefficient (Wildman–Crippen LogP) is 4.81. The molecule has 1 N–H and O–H groups in total. The largest absolute Gasteiger partial charge is 0.448 e. The second-order valence-corrected chi connectivity index (χ2v) is 6.95. The number of hydrogen-bond donors (Lipinski definition) is 1. The van der Waals surface area contributed by atoms with E-state index in [1.807, 2.05) is 54.6 Å². The second kappa shape index (κ2) is 7.77. The maximum atomic E-state index is 12.4. The zero-order valence-corrected chi connectivity index (χ0v) is 16.4. The summed E-state index contributed by atoms with van der Waals surface area (Å²) in [5, 5.41) is 14.9. The van der Waals surface area contributed by atoms with Crippen molar-refractivity contribution in [1.29, 1.82) is 0 Å². The fraction of sp³-hybridized carbons (Fsp3) is 0.100. The molecule has 0 fully saturated rings. The number of carbonyl (C=O) groups excluding carboxylic acids is 1. The molecule has 7 nitrogen and oxygen atoms in total. The van der Waals surface area contributed by atoms with Gasteiger partial charge in [0.2, 0.25) is 5.89 Å². The Bertz CT molecular complexity index is 1090. The minimum Gasteiger partial charge on any atom is -0.448 e. The molecule has 1 atom stereocenters. The van der Waals surface area contributed by atoms with E-state index in [1.54, 1.807) is 13.0 Å². The molecule has 8 heteroatoms. The van der Waals surface area contributed by atoms with Crippen LogP contribution in [0.4, 0.5) is 0 Å². The average molecular weight is 439 g/mol. The van der Waals surface area contributed by atoms with Crippen LogP contribution in [0.25, 0.3) is 22.7 Å². The highest BCUT2D eigenvalue weighted by molar-refractivity contribution is 9.10. The monoisotopic (exact) mass is 438 g/mol. The molecule has 1 unspecified atom stereocenters. The number of halogens is 1. The van der Waals surface area contributed by atoms with E-state index in [0.29, 0.717) is 11.6 Å². The molecule has 0 saturated heterocycles. The van der Waals surface area contributed by atoms with Crippen LogP contribution in [-0.2, 0) is 4.74 Å². The fourth-order valence-electron chi connectivity index (χ4n) is 2.57. The van der Waals surface area contributed by atoms with Gasteiger partial charge in [-0.15, -0.1) is 10.2 Å². The van der Waals surface area contributed by atoms with E-state index in [9.17, 15) is 4.79 Å². The summed E-state index contributed by atoms with van der Waals surface area (Å²) >= 11 is 3.39. The Morgan fingerprint density at radius 2 is 1.82 bits per heavy atom. The number of aromatic amines is 1. The molecular formula is C20H15BrN4O3. The zero-order chi connectivity index (χ0) is 19.5. The first kappa shape index (κ1) is 18.1. The number of esters is 1. The van der Waals surface area contributed by atoms with Gasteiger partial charge in [-0.05, 0) is 37.3 Å². The molecule has 28 heavy (non-hydrogen) atoms. The van der Waals surface area contributed by atoms with Crippen molar-refractivity contribution in [2.45, 2.75) is 13.0 Å². The number of nitrogens with zero attached hydrogens (tertiary/aromatic N) is 3. The van der Waals surface area contributed by atoms with Gasteiger partial charge in [-0.2, -0.15) is 5.10 Å². The summed E-state index contributed by atoms with van der Waals surface area (Å²) in [5.41, 5.74) is 2.58. The first-order valence-corrected chi connectivity index (χ1v) is 9.30. The first-order valence-electron chi connectivity index (χ1n) is 8.51. The van der Waals surface area contributed by atoms with Crippen LogP contribution < -0.4 is 0 Å². The van der Waals surface area contributed by atoms with E-state index < -0.39 is 12.1 Å². The van der Waals surface area contributed by atoms with Crippen LogP contribution in [0.1, 0.15) is 29.4 Å². The maximum absolute atomic E-state index is 12.4. The van der Waals surface area contributed by atoms with Gasteiger partial charge < -0.3 is 9.15 Å². The molecular weight excluding hydrogens is 424 g/mol. The van der Waals surface area contributed by atoms with Crippen molar-refractivity contribution in [1.82, 2.24) is 20.4 Å². The van der Waals surface area contributed by atoms with Gasteiger partial charge in [0.05, 0.1) is 5.69 Å². The van der Waals surface area contributed by atoms with Gasteiger partial charge in [0.1, 0.15) is 5.69 Å². The lowest BCUT2D eigenvalue weighted by Crippen LogP contribution is -2.10. The molecule has 0 aliphatic carbocycles. The molecule has 0 amide bonds. The molecule has 0 bridgehead atoms. The molecule has 2 aromatic heterocycles. The number of rotatable bonds is 5. The smallest absolute Gasteiger partial charge is 0.357 e. The van der Waals surface area contributed by atoms with Crippen molar-refractivity contribution in [3.8, 4) is 22.7 Å². The third kappa shape index (κ3) is 3.86. The molecule has 0 aliphatic heterocycles. The van der Waals surface area contributed by atoms with Crippen LogP contribution in [-0.4, -0.2) is 26.4 Å². The summed E-state index contributed by atoms with van der Waals surface area (Å²) in [4.78, 5) is 12.4. The van der Waals surface area contributed by atoms with Crippen LogP contribution in [0.2, 0.25) is 0 Å². The number of benzene rings is 2. The van der Waals surface area contributed by atoms with E-state index in [4.69, 9.17) is 9.15 Å². The lowest BCUT2D eigenvalue weighted by Gasteiger charge is -2.07. The van der Waals surface area contributed by atoms with E-state index in [2.05, 4.69) is 36.3 Å². The fourth-order valence-corrected chi connectivity index (χ4v) is 2.83. The van der Waals surface area contributed by atoms with Crippen LogP contribution in [0.5, 0.6) is 0 Å². The Balaban J connectivity index is 1.45. The van der Waals surface area contributed by atoms with Gasteiger partial charge in [-0.25, -0.2) is 4.79 Å². The lowest BCUT2D eigenvalue weighted by atomic mass is 10.1. The SMILES string of the molecule is CC(OC(=O)c1cc(-c2ccc(Br)cc2)n[nH]1)c1nnc(-c2ccccc2)o1. The lowest BCUT2D eigenvalue weighted by molar-refractivity contribution is 0.0273.